The predicted molar refractivity (Wildman–Crippen MR) is 89.0 cm³/mol. The van der Waals surface area contributed by atoms with Gasteiger partial charge in [-0.1, -0.05) is 19.8 Å². The maximum atomic E-state index is 12.0. The molecule has 2 N–H and O–H groups in total. The third-order valence-corrected chi connectivity index (χ3v) is 4.28. The summed E-state index contributed by atoms with van der Waals surface area (Å²) in [5, 5.41) is 5.50. The molecular formula is C17H25N3O2. The second-order valence-corrected chi connectivity index (χ2v) is 6.24. The zero-order chi connectivity index (χ0) is 16.1. The highest BCUT2D eigenvalue weighted by atomic mass is 16.2. The van der Waals surface area contributed by atoms with Gasteiger partial charge in [0.05, 0.1) is 0 Å². The molecule has 1 fully saturated rings. The van der Waals surface area contributed by atoms with Crippen LogP contribution in [0.2, 0.25) is 0 Å². The summed E-state index contributed by atoms with van der Waals surface area (Å²) >= 11 is 0. The van der Waals surface area contributed by atoms with Crippen LogP contribution in [0.1, 0.15) is 32.6 Å². The molecule has 0 spiro atoms. The first-order valence-corrected chi connectivity index (χ1v) is 7.86. The first kappa shape index (κ1) is 16.3. The quantitative estimate of drug-likeness (QED) is 0.843. The average Bonchev–Trinajstić information content (AvgIpc) is 2.50. The van der Waals surface area contributed by atoms with Crippen LogP contribution in [0.25, 0.3) is 0 Å². The van der Waals surface area contributed by atoms with Crippen LogP contribution in [-0.2, 0) is 9.59 Å². The number of carbonyl (C=O) groups is 2. The fraction of sp³-hybridized carbons (Fsp3) is 0.529. The summed E-state index contributed by atoms with van der Waals surface area (Å²) in [6.45, 7) is 2.13. The van der Waals surface area contributed by atoms with E-state index in [4.69, 9.17) is 0 Å². The Labute approximate surface area is 132 Å². The minimum Gasteiger partial charge on any atom is -0.378 e. The Morgan fingerprint density at radius 2 is 1.68 bits per heavy atom. The van der Waals surface area contributed by atoms with Crippen LogP contribution in [0, 0.1) is 5.92 Å². The lowest BCUT2D eigenvalue weighted by atomic mass is 9.86. The van der Waals surface area contributed by atoms with Crippen molar-refractivity contribution in [2.45, 2.75) is 38.6 Å². The van der Waals surface area contributed by atoms with E-state index in [0.29, 0.717) is 11.6 Å². The molecule has 1 aliphatic rings. The second kappa shape index (κ2) is 7.29. The van der Waals surface area contributed by atoms with Crippen molar-refractivity contribution in [3.8, 4) is 0 Å². The molecule has 0 saturated heterocycles. The maximum Gasteiger partial charge on any atom is 0.313 e. The summed E-state index contributed by atoms with van der Waals surface area (Å²) in [4.78, 5) is 26.0. The zero-order valence-corrected chi connectivity index (χ0v) is 13.6. The number of benzene rings is 1. The van der Waals surface area contributed by atoms with Gasteiger partial charge in [0.2, 0.25) is 0 Å². The van der Waals surface area contributed by atoms with Crippen molar-refractivity contribution in [3.05, 3.63) is 24.3 Å². The Morgan fingerprint density at radius 3 is 2.27 bits per heavy atom. The van der Waals surface area contributed by atoms with E-state index in [9.17, 15) is 9.59 Å². The molecule has 1 saturated carbocycles. The highest BCUT2D eigenvalue weighted by molar-refractivity contribution is 6.39. The Kier molecular flexibility index (Phi) is 5.41. The summed E-state index contributed by atoms with van der Waals surface area (Å²) in [5.41, 5.74) is 1.67. The van der Waals surface area contributed by atoms with Gasteiger partial charge < -0.3 is 15.5 Å². The minimum atomic E-state index is -0.602. The lowest BCUT2D eigenvalue weighted by Crippen LogP contribution is -2.45. The van der Waals surface area contributed by atoms with E-state index in [0.717, 1.165) is 24.9 Å². The van der Waals surface area contributed by atoms with Crippen molar-refractivity contribution < 1.29 is 9.59 Å². The summed E-state index contributed by atoms with van der Waals surface area (Å²) in [6, 6.07) is 7.50. The Balaban J connectivity index is 1.89. The van der Waals surface area contributed by atoms with Gasteiger partial charge >= 0.3 is 11.8 Å². The molecule has 2 atom stereocenters. The third kappa shape index (κ3) is 4.23. The van der Waals surface area contributed by atoms with E-state index in [1.807, 2.05) is 31.1 Å². The Morgan fingerprint density at radius 1 is 1.05 bits per heavy atom. The van der Waals surface area contributed by atoms with Crippen LogP contribution in [-0.4, -0.2) is 32.0 Å². The SMILES string of the molecule is C[C@H]1CCCC[C@@H]1NC(=O)C(=O)Nc1ccc(N(C)C)cc1. The molecule has 1 aliphatic carbocycles. The van der Waals surface area contributed by atoms with Crippen LogP contribution in [0.5, 0.6) is 0 Å². The molecule has 5 heteroatoms. The number of hydrogen-bond acceptors (Lipinski definition) is 3. The highest BCUT2D eigenvalue weighted by Crippen LogP contribution is 2.23. The van der Waals surface area contributed by atoms with Gasteiger partial charge in [-0.25, -0.2) is 0 Å². The van der Waals surface area contributed by atoms with E-state index >= 15 is 0 Å². The normalized spacial score (nSPS) is 21.0. The van der Waals surface area contributed by atoms with Crippen LogP contribution in [0.3, 0.4) is 0 Å². The molecule has 2 amide bonds. The molecule has 0 unspecified atom stereocenters. The molecule has 120 valence electrons. The number of anilines is 2. The van der Waals surface area contributed by atoms with Crippen LogP contribution in [0.4, 0.5) is 11.4 Å². The number of rotatable bonds is 3. The van der Waals surface area contributed by atoms with Gasteiger partial charge in [0.15, 0.2) is 0 Å². The molecule has 0 aliphatic heterocycles. The standard InChI is InChI=1S/C17H25N3O2/c1-12-6-4-5-7-15(12)19-17(22)16(21)18-13-8-10-14(11-9-13)20(2)3/h8-12,15H,4-7H2,1-3H3,(H,18,21)(H,19,22)/t12-,15-/m0/s1. The van der Waals surface area contributed by atoms with Gasteiger partial charge in [-0.15, -0.1) is 0 Å². The average molecular weight is 303 g/mol. The van der Waals surface area contributed by atoms with Crippen molar-refractivity contribution in [2.75, 3.05) is 24.3 Å². The first-order chi connectivity index (χ1) is 10.5. The number of nitrogens with zero attached hydrogens (tertiary/aromatic N) is 1. The lowest BCUT2D eigenvalue weighted by molar-refractivity contribution is -0.137. The second-order valence-electron chi connectivity index (χ2n) is 6.24. The van der Waals surface area contributed by atoms with Gasteiger partial charge in [0.25, 0.3) is 0 Å². The first-order valence-electron chi connectivity index (χ1n) is 7.86. The number of carbonyl (C=O) groups excluding carboxylic acids is 2. The summed E-state index contributed by atoms with van der Waals surface area (Å²) in [5.74, 6) is -0.712. The van der Waals surface area contributed by atoms with E-state index < -0.39 is 11.8 Å². The molecule has 1 aromatic carbocycles. The van der Waals surface area contributed by atoms with E-state index in [1.54, 1.807) is 12.1 Å². The third-order valence-electron chi connectivity index (χ3n) is 4.28. The van der Waals surface area contributed by atoms with Crippen molar-refractivity contribution in [1.29, 1.82) is 0 Å². The summed E-state index contributed by atoms with van der Waals surface area (Å²) < 4.78 is 0. The van der Waals surface area contributed by atoms with Crippen molar-refractivity contribution in [3.63, 3.8) is 0 Å². The Bertz CT molecular complexity index is 525. The minimum absolute atomic E-state index is 0.114. The molecule has 0 aromatic heterocycles. The molecular weight excluding hydrogens is 278 g/mol. The molecule has 1 aromatic rings. The number of nitrogens with one attached hydrogen (secondary N) is 2. The van der Waals surface area contributed by atoms with Gasteiger partial charge in [0, 0.05) is 31.5 Å². The van der Waals surface area contributed by atoms with Gasteiger partial charge in [-0.3, -0.25) is 9.59 Å². The van der Waals surface area contributed by atoms with Crippen molar-refractivity contribution in [2.24, 2.45) is 5.92 Å². The van der Waals surface area contributed by atoms with E-state index in [-0.39, 0.29) is 6.04 Å². The fourth-order valence-electron chi connectivity index (χ4n) is 2.80. The highest BCUT2D eigenvalue weighted by Gasteiger charge is 2.25. The summed E-state index contributed by atoms with van der Waals surface area (Å²) in [6.07, 6.45) is 4.39. The van der Waals surface area contributed by atoms with Crippen LogP contribution in [0.15, 0.2) is 24.3 Å². The molecule has 0 bridgehead atoms. The van der Waals surface area contributed by atoms with E-state index in [1.165, 1.54) is 6.42 Å². The molecule has 2 rings (SSSR count). The van der Waals surface area contributed by atoms with Crippen LogP contribution < -0.4 is 15.5 Å². The lowest BCUT2D eigenvalue weighted by Gasteiger charge is -2.29. The largest absolute Gasteiger partial charge is 0.378 e. The molecule has 0 heterocycles. The van der Waals surface area contributed by atoms with Gasteiger partial charge in [-0.05, 0) is 43.0 Å². The number of hydrogen-bond donors (Lipinski definition) is 2. The fourth-order valence-corrected chi connectivity index (χ4v) is 2.80. The number of amides is 2. The van der Waals surface area contributed by atoms with Gasteiger partial charge in [-0.2, -0.15) is 0 Å². The van der Waals surface area contributed by atoms with E-state index in [2.05, 4.69) is 17.6 Å². The predicted octanol–water partition coefficient (Wildman–Crippen LogP) is 2.39. The zero-order valence-electron chi connectivity index (χ0n) is 13.6. The van der Waals surface area contributed by atoms with Crippen molar-refractivity contribution >= 4 is 23.2 Å². The summed E-state index contributed by atoms with van der Waals surface area (Å²) in [7, 11) is 3.90. The Hall–Kier alpha value is -2.04. The molecule has 0 radical (unpaired) electrons. The monoisotopic (exact) mass is 303 g/mol. The molecule has 5 nitrogen and oxygen atoms in total. The van der Waals surface area contributed by atoms with Gasteiger partial charge in [0.1, 0.15) is 0 Å². The molecule has 22 heavy (non-hydrogen) atoms. The maximum absolute atomic E-state index is 12.0. The van der Waals surface area contributed by atoms with Crippen LogP contribution >= 0.6 is 0 Å². The smallest absolute Gasteiger partial charge is 0.313 e. The van der Waals surface area contributed by atoms with Crippen molar-refractivity contribution in [1.82, 2.24) is 5.32 Å². The topological polar surface area (TPSA) is 61.4 Å².